The van der Waals surface area contributed by atoms with Gasteiger partial charge in [0.05, 0.1) is 5.69 Å². The van der Waals surface area contributed by atoms with Gasteiger partial charge in [-0.05, 0) is 0 Å². The summed E-state index contributed by atoms with van der Waals surface area (Å²) in [5, 5.41) is 1.14. The van der Waals surface area contributed by atoms with E-state index in [4.69, 9.17) is 0 Å². The van der Waals surface area contributed by atoms with E-state index < -0.39 is 0 Å². The van der Waals surface area contributed by atoms with Gasteiger partial charge < -0.3 is 0 Å². The molecule has 1 aliphatic rings. The second-order valence-corrected chi connectivity index (χ2v) is 4.31. The fourth-order valence-electron chi connectivity index (χ4n) is 0.815. The third kappa shape index (κ3) is 1.13. The van der Waals surface area contributed by atoms with Gasteiger partial charge in [0.25, 0.3) is 0 Å². The summed E-state index contributed by atoms with van der Waals surface area (Å²) in [7, 11) is 0. The Morgan fingerprint density at radius 3 is 3.40 bits per heavy atom. The minimum Gasteiger partial charge on any atom is -0.244 e. The lowest BCUT2D eigenvalue weighted by molar-refractivity contribution is 1.01. The second kappa shape index (κ2) is 2.80. The van der Waals surface area contributed by atoms with Crippen molar-refractivity contribution in [1.29, 1.82) is 0 Å². The molecule has 2 nitrogen and oxygen atoms in total. The van der Waals surface area contributed by atoms with Gasteiger partial charge in [-0.25, -0.2) is 9.97 Å². The van der Waals surface area contributed by atoms with Gasteiger partial charge in [-0.1, -0.05) is 0 Å². The van der Waals surface area contributed by atoms with E-state index >= 15 is 0 Å². The number of rotatable bonds is 0. The van der Waals surface area contributed by atoms with Crippen molar-refractivity contribution in [2.24, 2.45) is 0 Å². The van der Waals surface area contributed by atoms with Crippen molar-refractivity contribution in [3.8, 4) is 0 Å². The zero-order valence-electron chi connectivity index (χ0n) is 5.28. The van der Waals surface area contributed by atoms with E-state index in [1.165, 1.54) is 10.6 Å². The molecule has 0 radical (unpaired) electrons. The van der Waals surface area contributed by atoms with Crippen molar-refractivity contribution in [2.75, 3.05) is 5.08 Å². The van der Waals surface area contributed by atoms with E-state index in [1.54, 1.807) is 6.33 Å². The number of hydrogen-bond donors (Lipinski definition) is 0. The highest BCUT2D eigenvalue weighted by Crippen LogP contribution is 2.32. The monoisotopic (exact) mass is 170 g/mol. The highest BCUT2D eigenvalue weighted by atomic mass is 32.2. The minimum atomic E-state index is 1.05. The smallest absolute Gasteiger partial charge is 0.115 e. The van der Waals surface area contributed by atoms with Gasteiger partial charge >= 0.3 is 0 Å². The Bertz CT molecular complexity index is 214. The Morgan fingerprint density at radius 2 is 2.50 bits per heavy atom. The third-order valence-corrected chi connectivity index (χ3v) is 3.56. The topological polar surface area (TPSA) is 25.8 Å². The van der Waals surface area contributed by atoms with Crippen molar-refractivity contribution in [2.45, 2.75) is 10.6 Å². The normalized spacial score (nSPS) is 16.4. The van der Waals surface area contributed by atoms with Gasteiger partial charge in [-0.2, -0.15) is 0 Å². The summed E-state index contributed by atoms with van der Waals surface area (Å²) in [5.74, 6) is 1.05. The maximum Gasteiger partial charge on any atom is 0.115 e. The molecule has 0 fully saturated rings. The molecular formula is C6H6N2S2. The number of thioether (sulfide) groups is 2. The van der Waals surface area contributed by atoms with Crippen molar-refractivity contribution in [3.63, 3.8) is 0 Å². The lowest BCUT2D eigenvalue weighted by Gasteiger charge is -2.11. The Balaban J connectivity index is 2.41. The van der Waals surface area contributed by atoms with E-state index in [-0.39, 0.29) is 0 Å². The molecule has 10 heavy (non-hydrogen) atoms. The number of hydrogen-bond acceptors (Lipinski definition) is 4. The van der Waals surface area contributed by atoms with E-state index in [0.29, 0.717) is 0 Å². The van der Waals surface area contributed by atoms with Crippen LogP contribution in [0.15, 0.2) is 17.4 Å². The molecule has 1 aromatic heterocycles. The van der Waals surface area contributed by atoms with E-state index in [1.807, 2.05) is 29.7 Å². The van der Waals surface area contributed by atoms with Crippen molar-refractivity contribution in [3.05, 3.63) is 18.2 Å². The van der Waals surface area contributed by atoms with Crippen LogP contribution < -0.4 is 0 Å². The van der Waals surface area contributed by atoms with Crippen molar-refractivity contribution in [1.82, 2.24) is 9.97 Å². The van der Waals surface area contributed by atoms with Gasteiger partial charge in [0.1, 0.15) is 6.33 Å². The Hall–Kier alpha value is -0.220. The predicted molar refractivity (Wildman–Crippen MR) is 44.1 cm³/mol. The second-order valence-electron chi connectivity index (χ2n) is 1.94. The van der Waals surface area contributed by atoms with Crippen LogP contribution in [0.5, 0.6) is 0 Å². The summed E-state index contributed by atoms with van der Waals surface area (Å²) < 4.78 is 0. The van der Waals surface area contributed by atoms with Gasteiger partial charge in [0.2, 0.25) is 0 Å². The van der Waals surface area contributed by atoms with Crippen molar-refractivity contribution >= 4 is 23.5 Å². The Labute approximate surface area is 67.8 Å². The fraction of sp³-hybridized carbons (Fsp3) is 0.333. The highest BCUT2D eigenvalue weighted by molar-refractivity contribution is 8.16. The quantitative estimate of drug-likeness (QED) is 0.592. The molecule has 2 rings (SSSR count). The van der Waals surface area contributed by atoms with Crippen LogP contribution >= 0.6 is 23.5 Å². The minimum absolute atomic E-state index is 1.05. The van der Waals surface area contributed by atoms with E-state index in [0.717, 1.165) is 10.8 Å². The molecule has 0 spiro atoms. The molecule has 0 amide bonds. The maximum absolute atomic E-state index is 4.17. The van der Waals surface area contributed by atoms with Crippen LogP contribution in [0, 0.1) is 0 Å². The first-order valence-electron chi connectivity index (χ1n) is 2.96. The molecular weight excluding hydrogens is 164 g/mol. The van der Waals surface area contributed by atoms with Gasteiger partial charge in [-0.3, -0.25) is 0 Å². The first-order valence-corrected chi connectivity index (χ1v) is 5.10. The van der Waals surface area contributed by atoms with Crippen LogP contribution in [0.1, 0.15) is 5.69 Å². The largest absolute Gasteiger partial charge is 0.244 e. The molecule has 52 valence electrons. The van der Waals surface area contributed by atoms with Gasteiger partial charge in [0, 0.05) is 21.9 Å². The van der Waals surface area contributed by atoms with Crippen LogP contribution in [0.4, 0.5) is 0 Å². The summed E-state index contributed by atoms with van der Waals surface area (Å²) in [6, 6.07) is 0. The molecule has 0 aromatic carbocycles. The van der Waals surface area contributed by atoms with Crippen LogP contribution in [0.3, 0.4) is 0 Å². The van der Waals surface area contributed by atoms with Crippen LogP contribution in [-0.4, -0.2) is 15.1 Å². The SMILES string of the molecule is c1ncc2c(n1)CSCS2. The Kier molecular flexibility index (Phi) is 1.82. The fourth-order valence-corrected chi connectivity index (χ4v) is 2.93. The summed E-state index contributed by atoms with van der Waals surface area (Å²) in [5.41, 5.74) is 1.19. The maximum atomic E-state index is 4.17. The number of nitrogens with zero attached hydrogens (tertiary/aromatic N) is 2. The molecule has 0 N–H and O–H groups in total. The number of aromatic nitrogens is 2. The average molecular weight is 170 g/mol. The predicted octanol–water partition coefficient (Wildman–Crippen LogP) is 1.77. The summed E-state index contributed by atoms with van der Waals surface area (Å²) in [6.07, 6.45) is 3.51. The van der Waals surface area contributed by atoms with Gasteiger partial charge in [-0.15, -0.1) is 23.5 Å². The lowest BCUT2D eigenvalue weighted by Crippen LogP contribution is -1.96. The van der Waals surface area contributed by atoms with Gasteiger partial charge in [0.15, 0.2) is 0 Å². The number of fused-ring (bicyclic) bond motifs is 1. The molecule has 0 saturated heterocycles. The van der Waals surface area contributed by atoms with E-state index in [2.05, 4.69) is 9.97 Å². The zero-order chi connectivity index (χ0) is 6.81. The molecule has 0 saturated carbocycles. The molecule has 0 bridgehead atoms. The molecule has 2 heterocycles. The highest BCUT2D eigenvalue weighted by Gasteiger charge is 2.09. The Morgan fingerprint density at radius 1 is 1.50 bits per heavy atom. The van der Waals surface area contributed by atoms with Crippen molar-refractivity contribution < 1.29 is 0 Å². The molecule has 0 aliphatic carbocycles. The van der Waals surface area contributed by atoms with E-state index in [9.17, 15) is 0 Å². The molecule has 0 unspecified atom stereocenters. The van der Waals surface area contributed by atoms with Crippen LogP contribution in [-0.2, 0) is 5.75 Å². The van der Waals surface area contributed by atoms with Crippen LogP contribution in [0.2, 0.25) is 0 Å². The molecule has 1 aliphatic heterocycles. The standard InChI is InChI=1S/C6H6N2S2/c1-6-5(8-3-7-1)2-9-4-10-6/h1,3H,2,4H2. The van der Waals surface area contributed by atoms with Crippen LogP contribution in [0.25, 0.3) is 0 Å². The first-order chi connectivity index (χ1) is 4.97. The average Bonchev–Trinajstić information content (AvgIpc) is 2.05. The molecule has 0 atom stereocenters. The molecule has 4 heteroatoms. The lowest BCUT2D eigenvalue weighted by atomic mass is 10.4. The summed E-state index contributed by atoms with van der Waals surface area (Å²) in [4.78, 5) is 9.37. The third-order valence-electron chi connectivity index (χ3n) is 1.29. The summed E-state index contributed by atoms with van der Waals surface area (Å²) in [6.45, 7) is 0. The summed E-state index contributed by atoms with van der Waals surface area (Å²) >= 11 is 3.74. The first kappa shape index (κ1) is 6.49. The zero-order valence-corrected chi connectivity index (χ0v) is 6.91. The molecule has 1 aromatic rings.